The van der Waals surface area contributed by atoms with Crippen LogP contribution in [0.15, 0.2) is 16.8 Å². The molecular formula is C12H21NOS. The van der Waals surface area contributed by atoms with Crippen LogP contribution in [0.3, 0.4) is 0 Å². The van der Waals surface area contributed by atoms with Gasteiger partial charge in [0.1, 0.15) is 0 Å². The van der Waals surface area contributed by atoms with Crippen LogP contribution in [-0.4, -0.2) is 17.7 Å². The first kappa shape index (κ1) is 12.7. The van der Waals surface area contributed by atoms with Gasteiger partial charge in [-0.15, -0.1) is 0 Å². The van der Waals surface area contributed by atoms with Crippen LogP contribution in [0.5, 0.6) is 0 Å². The lowest BCUT2D eigenvalue weighted by Gasteiger charge is -2.21. The number of thiophene rings is 1. The Bertz CT molecular complexity index is 261. The molecule has 0 saturated heterocycles. The molecular weight excluding hydrogens is 206 g/mol. The molecule has 0 aliphatic carbocycles. The van der Waals surface area contributed by atoms with Crippen LogP contribution in [0.4, 0.5) is 0 Å². The first-order valence-corrected chi connectivity index (χ1v) is 6.53. The summed E-state index contributed by atoms with van der Waals surface area (Å²) in [6, 6.07) is 2.44. The fraction of sp³-hybridized carbons (Fsp3) is 0.667. The van der Waals surface area contributed by atoms with Crippen molar-refractivity contribution < 1.29 is 5.11 Å². The molecule has 0 radical (unpaired) electrons. The predicted molar refractivity (Wildman–Crippen MR) is 66.2 cm³/mol. The fourth-order valence-corrected chi connectivity index (χ4v) is 2.14. The van der Waals surface area contributed by atoms with E-state index in [1.54, 1.807) is 11.3 Å². The third-order valence-electron chi connectivity index (χ3n) is 3.06. The van der Waals surface area contributed by atoms with Crippen LogP contribution >= 0.6 is 11.3 Å². The van der Waals surface area contributed by atoms with Crippen LogP contribution in [0.25, 0.3) is 0 Å². The highest BCUT2D eigenvalue weighted by Gasteiger charge is 2.12. The fourth-order valence-electron chi connectivity index (χ4n) is 1.43. The van der Waals surface area contributed by atoms with E-state index in [0.717, 1.165) is 5.56 Å². The molecule has 0 saturated carbocycles. The van der Waals surface area contributed by atoms with Crippen molar-refractivity contribution in [1.29, 1.82) is 0 Å². The molecule has 0 aliphatic heterocycles. The molecule has 2 nitrogen and oxygen atoms in total. The maximum Gasteiger partial charge on any atom is 0.0922 e. The van der Waals surface area contributed by atoms with Crippen molar-refractivity contribution in [3.8, 4) is 0 Å². The van der Waals surface area contributed by atoms with E-state index in [4.69, 9.17) is 0 Å². The minimum absolute atomic E-state index is 0.372. The van der Waals surface area contributed by atoms with Crippen molar-refractivity contribution in [2.75, 3.05) is 6.54 Å². The molecule has 3 atom stereocenters. The number of nitrogens with one attached hydrogen (secondary N) is 1. The zero-order valence-corrected chi connectivity index (χ0v) is 10.6. The maximum absolute atomic E-state index is 9.86. The summed E-state index contributed by atoms with van der Waals surface area (Å²) in [5.41, 5.74) is 1.02. The zero-order chi connectivity index (χ0) is 11.3. The van der Waals surface area contributed by atoms with Gasteiger partial charge in [0.2, 0.25) is 0 Å². The molecule has 0 aromatic carbocycles. The number of hydrogen-bond donors (Lipinski definition) is 2. The third-order valence-corrected chi connectivity index (χ3v) is 3.76. The van der Waals surface area contributed by atoms with Gasteiger partial charge >= 0.3 is 0 Å². The number of aliphatic hydroxyl groups excluding tert-OH is 1. The van der Waals surface area contributed by atoms with Crippen LogP contribution in [0.2, 0.25) is 0 Å². The third kappa shape index (κ3) is 3.93. The van der Waals surface area contributed by atoms with Gasteiger partial charge < -0.3 is 10.4 Å². The van der Waals surface area contributed by atoms with Gasteiger partial charge in [0.05, 0.1) is 6.10 Å². The highest BCUT2D eigenvalue weighted by molar-refractivity contribution is 7.07. The van der Waals surface area contributed by atoms with E-state index >= 15 is 0 Å². The first-order chi connectivity index (χ1) is 7.15. The lowest BCUT2D eigenvalue weighted by Crippen LogP contribution is -2.34. The van der Waals surface area contributed by atoms with Crippen molar-refractivity contribution in [3.05, 3.63) is 22.4 Å². The van der Waals surface area contributed by atoms with Gasteiger partial charge in [-0.25, -0.2) is 0 Å². The summed E-state index contributed by atoms with van der Waals surface area (Å²) in [6.45, 7) is 7.24. The summed E-state index contributed by atoms with van der Waals surface area (Å²) in [5.74, 6) is 0.652. The average Bonchev–Trinajstić information content (AvgIpc) is 2.77. The Morgan fingerprint density at radius 3 is 2.73 bits per heavy atom. The van der Waals surface area contributed by atoms with Crippen molar-refractivity contribution in [1.82, 2.24) is 5.32 Å². The minimum Gasteiger partial charge on any atom is -0.387 e. The summed E-state index contributed by atoms with van der Waals surface area (Å²) in [5, 5.41) is 17.2. The molecule has 0 spiro atoms. The molecule has 15 heavy (non-hydrogen) atoms. The second-order valence-electron chi connectivity index (χ2n) is 4.15. The Labute approximate surface area is 96.3 Å². The van der Waals surface area contributed by atoms with E-state index in [0.29, 0.717) is 18.5 Å². The van der Waals surface area contributed by atoms with Gasteiger partial charge in [0.25, 0.3) is 0 Å². The van der Waals surface area contributed by atoms with E-state index in [2.05, 4.69) is 26.1 Å². The van der Waals surface area contributed by atoms with Gasteiger partial charge in [-0.3, -0.25) is 0 Å². The molecule has 2 N–H and O–H groups in total. The highest BCUT2D eigenvalue weighted by atomic mass is 32.1. The topological polar surface area (TPSA) is 32.3 Å². The number of aliphatic hydroxyl groups is 1. The first-order valence-electron chi connectivity index (χ1n) is 5.58. The van der Waals surface area contributed by atoms with Gasteiger partial charge in [-0.05, 0) is 35.2 Å². The SMILES string of the molecule is CCC(C)C(C)NCC(O)c1ccsc1. The van der Waals surface area contributed by atoms with Crippen LogP contribution in [0.1, 0.15) is 38.9 Å². The van der Waals surface area contributed by atoms with Crippen LogP contribution < -0.4 is 5.32 Å². The summed E-state index contributed by atoms with van der Waals surface area (Å²) < 4.78 is 0. The minimum atomic E-state index is -0.372. The Kier molecular flexibility index (Phi) is 5.29. The summed E-state index contributed by atoms with van der Waals surface area (Å²) in [4.78, 5) is 0. The molecule has 3 heteroatoms. The van der Waals surface area contributed by atoms with Crippen molar-refractivity contribution in [3.63, 3.8) is 0 Å². The maximum atomic E-state index is 9.86. The molecule has 0 aliphatic rings. The summed E-state index contributed by atoms with van der Waals surface area (Å²) in [7, 11) is 0. The highest BCUT2D eigenvalue weighted by Crippen LogP contribution is 2.16. The molecule has 1 aromatic rings. The Morgan fingerprint density at radius 2 is 2.20 bits per heavy atom. The van der Waals surface area contributed by atoms with E-state index in [1.807, 2.05) is 16.8 Å². The van der Waals surface area contributed by atoms with Crippen LogP contribution in [-0.2, 0) is 0 Å². The lowest BCUT2D eigenvalue weighted by atomic mass is 10.0. The molecule has 0 bridgehead atoms. The molecule has 86 valence electrons. The molecule has 1 heterocycles. The van der Waals surface area contributed by atoms with Gasteiger partial charge in [-0.2, -0.15) is 11.3 Å². The van der Waals surface area contributed by atoms with E-state index in [1.165, 1.54) is 6.42 Å². The normalized spacial score (nSPS) is 17.3. The van der Waals surface area contributed by atoms with E-state index in [-0.39, 0.29) is 6.10 Å². The van der Waals surface area contributed by atoms with Crippen molar-refractivity contribution >= 4 is 11.3 Å². The second kappa shape index (κ2) is 6.26. The summed E-state index contributed by atoms with van der Waals surface area (Å²) >= 11 is 1.63. The Morgan fingerprint density at radius 1 is 1.47 bits per heavy atom. The molecule has 1 rings (SSSR count). The standard InChI is InChI=1S/C12H21NOS/c1-4-9(2)10(3)13-7-12(14)11-5-6-15-8-11/h5-6,8-10,12-14H,4,7H2,1-3H3. The molecule has 0 amide bonds. The second-order valence-corrected chi connectivity index (χ2v) is 4.93. The number of hydrogen-bond acceptors (Lipinski definition) is 3. The van der Waals surface area contributed by atoms with Crippen molar-refractivity contribution in [2.24, 2.45) is 5.92 Å². The van der Waals surface area contributed by atoms with Crippen LogP contribution in [0, 0.1) is 5.92 Å². The Balaban J connectivity index is 2.31. The monoisotopic (exact) mass is 227 g/mol. The van der Waals surface area contributed by atoms with Gasteiger partial charge in [-0.1, -0.05) is 20.3 Å². The number of rotatable bonds is 6. The summed E-state index contributed by atoms with van der Waals surface area (Å²) in [6.07, 6.45) is 0.797. The molecule has 3 unspecified atom stereocenters. The largest absolute Gasteiger partial charge is 0.387 e. The quantitative estimate of drug-likeness (QED) is 0.783. The molecule has 1 aromatic heterocycles. The zero-order valence-electron chi connectivity index (χ0n) is 9.73. The average molecular weight is 227 g/mol. The van der Waals surface area contributed by atoms with Crippen molar-refractivity contribution in [2.45, 2.75) is 39.3 Å². The predicted octanol–water partition coefficient (Wildman–Crippen LogP) is 2.81. The smallest absolute Gasteiger partial charge is 0.0922 e. The van der Waals surface area contributed by atoms with Gasteiger partial charge in [0.15, 0.2) is 0 Å². The lowest BCUT2D eigenvalue weighted by molar-refractivity contribution is 0.166. The van der Waals surface area contributed by atoms with E-state index in [9.17, 15) is 5.11 Å². The van der Waals surface area contributed by atoms with Gasteiger partial charge in [0, 0.05) is 12.6 Å². The molecule has 0 fully saturated rings. The Hall–Kier alpha value is -0.380. The van der Waals surface area contributed by atoms with E-state index < -0.39 is 0 Å².